The van der Waals surface area contributed by atoms with E-state index in [0.717, 1.165) is 24.0 Å². The van der Waals surface area contributed by atoms with Gasteiger partial charge in [-0.3, -0.25) is 5.84 Å². The Hall–Kier alpha value is -2.42. The highest BCUT2D eigenvalue weighted by atomic mass is 15.3. The zero-order valence-corrected chi connectivity index (χ0v) is 14.3. The molecule has 0 aromatic heterocycles. The van der Waals surface area contributed by atoms with Gasteiger partial charge in [0.1, 0.15) is 5.54 Å². The lowest BCUT2D eigenvalue weighted by Gasteiger charge is -2.39. The Kier molecular flexibility index (Phi) is 6.30. The molecule has 124 valence electrons. The van der Waals surface area contributed by atoms with Gasteiger partial charge in [-0.15, -0.1) is 0 Å². The van der Waals surface area contributed by atoms with Gasteiger partial charge in [-0.1, -0.05) is 86.0 Å². The summed E-state index contributed by atoms with van der Waals surface area (Å²) in [5.74, 6) is 6.16. The van der Waals surface area contributed by atoms with E-state index in [1.807, 2.05) is 43.4 Å². The van der Waals surface area contributed by atoms with Crippen LogP contribution in [-0.4, -0.2) is 0 Å². The lowest BCUT2D eigenvalue weighted by molar-refractivity contribution is 0.460. The topological polar surface area (TPSA) is 38.0 Å². The van der Waals surface area contributed by atoms with Gasteiger partial charge in [-0.05, 0) is 42.0 Å². The lowest BCUT2D eigenvalue weighted by atomic mass is 9.73. The molecule has 0 aliphatic heterocycles. The summed E-state index contributed by atoms with van der Waals surface area (Å²) in [7, 11) is 0. The van der Waals surface area contributed by atoms with Gasteiger partial charge in [0.25, 0.3) is 0 Å². The highest BCUT2D eigenvalue weighted by Gasteiger charge is 2.37. The summed E-state index contributed by atoms with van der Waals surface area (Å²) in [5, 5.41) is 0. The third kappa shape index (κ3) is 3.40. The zero-order chi connectivity index (χ0) is 17.4. The Morgan fingerprint density at radius 2 is 1.92 bits per heavy atom. The number of rotatable bonds is 7. The van der Waals surface area contributed by atoms with Crippen LogP contribution in [0.2, 0.25) is 0 Å². The monoisotopic (exact) mass is 318 g/mol. The first-order valence-corrected chi connectivity index (χ1v) is 8.24. The van der Waals surface area contributed by atoms with Crippen molar-refractivity contribution in [2.45, 2.75) is 25.3 Å². The SMILES string of the molecule is C=C/C=C(\C=C/C)C(NN)(C1=CC=C(C=C)CC1)c1ccccc1. The number of hydrogen-bond acceptors (Lipinski definition) is 2. The summed E-state index contributed by atoms with van der Waals surface area (Å²) in [6.45, 7) is 9.75. The Balaban J connectivity index is 2.71. The third-order valence-corrected chi connectivity index (χ3v) is 4.43. The fourth-order valence-corrected chi connectivity index (χ4v) is 3.23. The molecule has 24 heavy (non-hydrogen) atoms. The number of hydrogen-bond donors (Lipinski definition) is 2. The van der Waals surface area contributed by atoms with Gasteiger partial charge in [0.05, 0.1) is 0 Å². The number of allylic oxidation sites excluding steroid dienone is 7. The average Bonchev–Trinajstić information content (AvgIpc) is 2.64. The van der Waals surface area contributed by atoms with E-state index in [1.165, 1.54) is 11.1 Å². The second kappa shape index (κ2) is 8.44. The Labute approximate surface area is 145 Å². The molecule has 2 heteroatoms. The second-order valence-corrected chi connectivity index (χ2v) is 5.76. The Morgan fingerprint density at radius 3 is 2.42 bits per heavy atom. The molecule has 1 unspecified atom stereocenters. The quantitative estimate of drug-likeness (QED) is 0.428. The van der Waals surface area contributed by atoms with Crippen LogP contribution in [0.5, 0.6) is 0 Å². The van der Waals surface area contributed by atoms with Crippen LogP contribution in [0.15, 0.2) is 103 Å². The van der Waals surface area contributed by atoms with Crippen LogP contribution in [0.3, 0.4) is 0 Å². The number of hydrazine groups is 1. The van der Waals surface area contributed by atoms with Crippen LogP contribution < -0.4 is 11.3 Å². The minimum atomic E-state index is -0.578. The van der Waals surface area contributed by atoms with Gasteiger partial charge < -0.3 is 0 Å². The smallest absolute Gasteiger partial charge is 0.103 e. The second-order valence-electron chi connectivity index (χ2n) is 5.76. The fourth-order valence-electron chi connectivity index (χ4n) is 3.23. The van der Waals surface area contributed by atoms with Gasteiger partial charge in [0.2, 0.25) is 0 Å². The molecular formula is C22H26N2. The summed E-state index contributed by atoms with van der Waals surface area (Å²) in [6, 6.07) is 10.3. The average molecular weight is 318 g/mol. The van der Waals surface area contributed by atoms with Gasteiger partial charge in [-0.2, -0.15) is 0 Å². The van der Waals surface area contributed by atoms with Gasteiger partial charge in [0.15, 0.2) is 0 Å². The zero-order valence-electron chi connectivity index (χ0n) is 14.3. The van der Waals surface area contributed by atoms with E-state index >= 15 is 0 Å². The van der Waals surface area contributed by atoms with Crippen molar-refractivity contribution in [3.05, 3.63) is 108 Å². The van der Waals surface area contributed by atoms with Crippen molar-refractivity contribution in [3.8, 4) is 0 Å². The summed E-state index contributed by atoms with van der Waals surface area (Å²) >= 11 is 0. The van der Waals surface area contributed by atoms with Crippen molar-refractivity contribution < 1.29 is 0 Å². The first kappa shape index (κ1) is 17.9. The molecule has 0 saturated carbocycles. The van der Waals surface area contributed by atoms with E-state index in [2.05, 4.69) is 48.9 Å². The van der Waals surface area contributed by atoms with Crippen LogP contribution in [0.25, 0.3) is 0 Å². The molecule has 0 radical (unpaired) electrons. The maximum absolute atomic E-state index is 6.16. The standard InChI is InChI=1S/C22H26N2/c1-4-10-19(11-5-2)22(24-23,20-12-8-7-9-13-20)21-16-14-18(6-3)15-17-21/h4-14,16,24H,1,3,15,17,23H2,2H3/b11-5-,19-10+. The molecule has 0 fully saturated rings. The maximum Gasteiger partial charge on any atom is 0.103 e. The minimum Gasteiger partial charge on any atom is -0.270 e. The predicted octanol–water partition coefficient (Wildman–Crippen LogP) is 4.87. The molecular weight excluding hydrogens is 292 g/mol. The molecule has 0 saturated heterocycles. The van der Waals surface area contributed by atoms with E-state index in [9.17, 15) is 0 Å². The van der Waals surface area contributed by atoms with E-state index in [0.29, 0.717) is 0 Å². The molecule has 2 rings (SSSR count). The molecule has 0 amide bonds. The molecule has 1 aromatic rings. The Bertz CT molecular complexity index is 705. The van der Waals surface area contributed by atoms with Crippen LogP contribution in [0, 0.1) is 0 Å². The van der Waals surface area contributed by atoms with Gasteiger partial charge >= 0.3 is 0 Å². The fraction of sp³-hybridized carbons (Fsp3) is 0.182. The van der Waals surface area contributed by atoms with Crippen LogP contribution in [0.1, 0.15) is 25.3 Å². The summed E-state index contributed by atoms with van der Waals surface area (Å²) in [5.41, 5.74) is 7.19. The van der Waals surface area contributed by atoms with Crippen molar-refractivity contribution in [2.24, 2.45) is 5.84 Å². The van der Waals surface area contributed by atoms with Gasteiger partial charge in [-0.25, -0.2) is 5.43 Å². The molecule has 0 bridgehead atoms. The van der Waals surface area contributed by atoms with E-state index < -0.39 is 5.54 Å². The van der Waals surface area contributed by atoms with Crippen molar-refractivity contribution >= 4 is 0 Å². The van der Waals surface area contributed by atoms with Crippen LogP contribution in [0.4, 0.5) is 0 Å². The van der Waals surface area contributed by atoms with Crippen molar-refractivity contribution in [1.29, 1.82) is 0 Å². The molecule has 3 N–H and O–H groups in total. The molecule has 2 nitrogen and oxygen atoms in total. The maximum atomic E-state index is 6.16. The highest BCUT2D eigenvalue weighted by molar-refractivity contribution is 5.52. The summed E-state index contributed by atoms with van der Waals surface area (Å²) in [4.78, 5) is 0. The molecule has 0 spiro atoms. The third-order valence-electron chi connectivity index (χ3n) is 4.43. The van der Waals surface area contributed by atoms with Crippen molar-refractivity contribution in [3.63, 3.8) is 0 Å². The molecule has 1 atom stereocenters. The normalized spacial score (nSPS) is 17.8. The van der Waals surface area contributed by atoms with Crippen LogP contribution >= 0.6 is 0 Å². The Morgan fingerprint density at radius 1 is 1.17 bits per heavy atom. The van der Waals surface area contributed by atoms with Crippen molar-refractivity contribution in [1.82, 2.24) is 5.43 Å². The highest BCUT2D eigenvalue weighted by Crippen LogP contribution is 2.41. The van der Waals surface area contributed by atoms with Gasteiger partial charge in [0, 0.05) is 0 Å². The first-order chi connectivity index (χ1) is 11.7. The molecule has 0 heterocycles. The molecule has 1 aliphatic carbocycles. The minimum absolute atomic E-state index is 0.578. The molecule has 1 aromatic carbocycles. The first-order valence-electron chi connectivity index (χ1n) is 8.24. The molecule has 1 aliphatic rings. The largest absolute Gasteiger partial charge is 0.270 e. The predicted molar refractivity (Wildman–Crippen MR) is 104 cm³/mol. The summed E-state index contributed by atoms with van der Waals surface area (Å²) in [6.07, 6.45) is 16.0. The van der Waals surface area contributed by atoms with Crippen LogP contribution in [-0.2, 0) is 5.54 Å². The van der Waals surface area contributed by atoms with E-state index in [4.69, 9.17) is 5.84 Å². The summed E-state index contributed by atoms with van der Waals surface area (Å²) < 4.78 is 0. The van der Waals surface area contributed by atoms with Crippen molar-refractivity contribution in [2.75, 3.05) is 0 Å². The number of benzene rings is 1. The lowest BCUT2D eigenvalue weighted by Crippen LogP contribution is -2.49. The number of nitrogens with two attached hydrogens (primary N) is 1. The number of nitrogens with one attached hydrogen (secondary N) is 1. The van der Waals surface area contributed by atoms with E-state index in [-0.39, 0.29) is 0 Å². The van der Waals surface area contributed by atoms with E-state index in [1.54, 1.807) is 6.08 Å².